The number of benzene rings is 7. The van der Waals surface area contributed by atoms with Crippen LogP contribution < -0.4 is 0 Å². The second-order valence-corrected chi connectivity index (χ2v) is 14.8. The number of nitrogens with zero attached hydrogens (tertiary/aromatic N) is 4. The van der Waals surface area contributed by atoms with Crippen molar-refractivity contribution in [3.8, 4) is 39.9 Å². The fraction of sp³-hybridized carbons (Fsp3) is 0.0816. The molecule has 250 valence electrons. The minimum absolute atomic E-state index is 0.151. The van der Waals surface area contributed by atoms with Gasteiger partial charge in [-0.2, -0.15) is 9.97 Å². The molecule has 0 atom stereocenters. The van der Waals surface area contributed by atoms with Crippen molar-refractivity contribution in [2.24, 2.45) is 0 Å². The molecule has 4 nitrogen and oxygen atoms in total. The molecule has 0 saturated carbocycles. The zero-order chi connectivity index (χ0) is 35.3. The molecule has 2 aliphatic carbocycles. The van der Waals surface area contributed by atoms with Gasteiger partial charge in [-0.3, -0.25) is 4.57 Å². The fourth-order valence-corrected chi connectivity index (χ4v) is 9.43. The molecule has 11 rings (SSSR count). The van der Waals surface area contributed by atoms with E-state index < -0.39 is 5.41 Å². The van der Waals surface area contributed by atoms with Gasteiger partial charge in [-0.25, -0.2) is 4.98 Å². The van der Waals surface area contributed by atoms with Crippen molar-refractivity contribution in [1.29, 1.82) is 0 Å². The first-order valence-corrected chi connectivity index (χ1v) is 18.3. The Kier molecular flexibility index (Phi) is 6.19. The standard InChI is InChI=1S/C49H34N4/c1-48(2)38-24-12-14-26-40(38)49(41-27-15-13-25-39(41)48)37-23-11-9-21-33(37)35-30-44-36(29-42(35)49)34-22-10-16-28-43(34)53(44)47-51-45(31-17-5-3-6-18-31)50-46(52-47)32-19-7-4-8-20-32/h3-30H,1-2H3. The van der Waals surface area contributed by atoms with Crippen molar-refractivity contribution in [2.75, 3.05) is 0 Å². The lowest BCUT2D eigenvalue weighted by Crippen LogP contribution is -2.40. The van der Waals surface area contributed by atoms with Crippen LogP contribution in [0.15, 0.2) is 170 Å². The van der Waals surface area contributed by atoms with E-state index in [9.17, 15) is 0 Å². The monoisotopic (exact) mass is 678 g/mol. The molecule has 0 radical (unpaired) electrons. The third kappa shape index (κ3) is 4.03. The quantitative estimate of drug-likeness (QED) is 0.187. The van der Waals surface area contributed by atoms with Gasteiger partial charge in [0.15, 0.2) is 11.6 Å². The molecule has 0 bridgehead atoms. The Bertz CT molecular complexity index is 2810. The van der Waals surface area contributed by atoms with Gasteiger partial charge >= 0.3 is 0 Å². The molecule has 0 aliphatic heterocycles. The summed E-state index contributed by atoms with van der Waals surface area (Å²) in [5.41, 5.74) is 14.0. The summed E-state index contributed by atoms with van der Waals surface area (Å²) in [6, 6.07) is 61.2. The van der Waals surface area contributed by atoms with Gasteiger partial charge in [0.05, 0.1) is 16.4 Å². The van der Waals surface area contributed by atoms with Crippen molar-refractivity contribution in [1.82, 2.24) is 19.5 Å². The number of aromatic nitrogens is 4. The van der Waals surface area contributed by atoms with Crippen molar-refractivity contribution < 1.29 is 0 Å². The van der Waals surface area contributed by atoms with Crippen molar-refractivity contribution in [3.63, 3.8) is 0 Å². The molecule has 0 amide bonds. The molecule has 0 saturated heterocycles. The predicted molar refractivity (Wildman–Crippen MR) is 214 cm³/mol. The smallest absolute Gasteiger partial charge is 0.238 e. The first-order chi connectivity index (χ1) is 26.0. The average molecular weight is 679 g/mol. The van der Waals surface area contributed by atoms with Crippen LogP contribution >= 0.6 is 0 Å². The Morgan fingerprint density at radius 3 is 1.53 bits per heavy atom. The van der Waals surface area contributed by atoms with Crippen molar-refractivity contribution >= 4 is 21.8 Å². The lowest BCUT2D eigenvalue weighted by Gasteiger charge is -2.46. The first kappa shape index (κ1) is 30.0. The Morgan fingerprint density at radius 2 is 0.906 bits per heavy atom. The van der Waals surface area contributed by atoms with Crippen molar-refractivity contribution in [2.45, 2.75) is 24.7 Å². The maximum atomic E-state index is 5.21. The summed E-state index contributed by atoms with van der Waals surface area (Å²) in [6.45, 7) is 4.75. The van der Waals surface area contributed by atoms with Crippen LogP contribution in [0, 0.1) is 0 Å². The molecule has 4 heteroatoms. The lowest BCUT2D eigenvalue weighted by atomic mass is 9.55. The molecule has 9 aromatic rings. The molecule has 53 heavy (non-hydrogen) atoms. The highest BCUT2D eigenvalue weighted by Crippen LogP contribution is 2.62. The highest BCUT2D eigenvalue weighted by atomic mass is 15.2. The Hall–Kier alpha value is -6.65. The number of hydrogen-bond donors (Lipinski definition) is 0. The third-order valence-corrected chi connectivity index (χ3v) is 11.7. The zero-order valence-corrected chi connectivity index (χ0v) is 29.5. The second kappa shape index (κ2) is 10.9. The zero-order valence-electron chi connectivity index (χ0n) is 29.5. The van der Waals surface area contributed by atoms with Crippen LogP contribution in [0.25, 0.3) is 61.7 Å². The van der Waals surface area contributed by atoms with Gasteiger partial charge in [-0.05, 0) is 62.7 Å². The summed E-state index contributed by atoms with van der Waals surface area (Å²) in [7, 11) is 0. The largest absolute Gasteiger partial charge is 0.278 e. The summed E-state index contributed by atoms with van der Waals surface area (Å²) in [5.74, 6) is 1.88. The van der Waals surface area contributed by atoms with Gasteiger partial charge in [0, 0.05) is 27.3 Å². The average Bonchev–Trinajstić information content (AvgIpc) is 3.70. The minimum atomic E-state index is -0.472. The Labute approximate surface area is 308 Å². The Balaban J connectivity index is 1.26. The maximum absolute atomic E-state index is 5.21. The summed E-state index contributed by atoms with van der Waals surface area (Å²) in [4.78, 5) is 15.4. The van der Waals surface area contributed by atoms with Crippen LogP contribution in [0.2, 0.25) is 0 Å². The van der Waals surface area contributed by atoms with Gasteiger partial charge in [-0.15, -0.1) is 0 Å². The van der Waals surface area contributed by atoms with Gasteiger partial charge in [0.2, 0.25) is 5.95 Å². The number of para-hydroxylation sites is 1. The normalized spacial score (nSPS) is 14.5. The lowest BCUT2D eigenvalue weighted by molar-refractivity contribution is 0.563. The van der Waals surface area contributed by atoms with E-state index in [4.69, 9.17) is 15.0 Å². The SMILES string of the molecule is CC1(C)c2ccccc2C2(c3ccccc3-c3cc4c(cc32)c2ccccc2n4-c2nc(-c3ccccc3)nc(-c3ccccc3)n2)c2ccccc21. The first-order valence-electron chi connectivity index (χ1n) is 18.3. The molecule has 7 aromatic carbocycles. The second-order valence-electron chi connectivity index (χ2n) is 14.8. The van der Waals surface area contributed by atoms with Crippen LogP contribution in [0.1, 0.15) is 47.2 Å². The van der Waals surface area contributed by atoms with E-state index in [0.717, 1.165) is 27.5 Å². The topological polar surface area (TPSA) is 43.6 Å². The van der Waals surface area contributed by atoms with E-state index in [1.165, 1.54) is 49.9 Å². The summed E-state index contributed by atoms with van der Waals surface area (Å²) in [5, 5.41) is 2.34. The predicted octanol–water partition coefficient (Wildman–Crippen LogP) is 11.3. The molecular formula is C49H34N4. The van der Waals surface area contributed by atoms with E-state index >= 15 is 0 Å². The summed E-state index contributed by atoms with van der Waals surface area (Å²) >= 11 is 0. The van der Waals surface area contributed by atoms with Crippen LogP contribution in [0.3, 0.4) is 0 Å². The molecule has 2 heterocycles. The van der Waals surface area contributed by atoms with Gasteiger partial charge < -0.3 is 0 Å². The van der Waals surface area contributed by atoms with Gasteiger partial charge in [-0.1, -0.05) is 166 Å². The van der Waals surface area contributed by atoms with Crippen LogP contribution in [-0.4, -0.2) is 19.5 Å². The van der Waals surface area contributed by atoms with E-state index in [-0.39, 0.29) is 5.41 Å². The van der Waals surface area contributed by atoms with E-state index in [1.54, 1.807) is 0 Å². The highest BCUT2D eigenvalue weighted by molar-refractivity contribution is 6.11. The van der Waals surface area contributed by atoms with Crippen LogP contribution in [0.4, 0.5) is 0 Å². The van der Waals surface area contributed by atoms with Gasteiger partial charge in [0.1, 0.15) is 0 Å². The van der Waals surface area contributed by atoms with Crippen LogP contribution in [0.5, 0.6) is 0 Å². The number of rotatable bonds is 3. The van der Waals surface area contributed by atoms with Crippen molar-refractivity contribution in [3.05, 3.63) is 203 Å². The third-order valence-electron chi connectivity index (χ3n) is 11.7. The summed E-state index contributed by atoms with van der Waals surface area (Å²) in [6.07, 6.45) is 0. The number of fused-ring (bicyclic) bond motifs is 12. The van der Waals surface area contributed by atoms with Crippen LogP contribution in [-0.2, 0) is 10.8 Å². The maximum Gasteiger partial charge on any atom is 0.238 e. The Morgan fingerprint density at radius 1 is 0.396 bits per heavy atom. The molecule has 0 unspecified atom stereocenters. The molecule has 2 aliphatic rings. The molecule has 0 N–H and O–H groups in total. The molecule has 0 fully saturated rings. The van der Waals surface area contributed by atoms with E-state index in [1.807, 2.05) is 36.4 Å². The number of hydrogen-bond acceptors (Lipinski definition) is 3. The fourth-order valence-electron chi connectivity index (χ4n) is 9.43. The molecule has 1 spiro atoms. The minimum Gasteiger partial charge on any atom is -0.278 e. The molecule has 2 aromatic heterocycles. The molecular weight excluding hydrogens is 645 g/mol. The van der Waals surface area contributed by atoms with Gasteiger partial charge in [0.25, 0.3) is 0 Å². The van der Waals surface area contributed by atoms with E-state index in [0.29, 0.717) is 17.6 Å². The van der Waals surface area contributed by atoms with E-state index in [2.05, 4.69) is 152 Å². The summed E-state index contributed by atoms with van der Waals surface area (Å²) < 4.78 is 2.24. The highest BCUT2D eigenvalue weighted by Gasteiger charge is 2.53.